The van der Waals surface area contributed by atoms with Crippen LogP contribution in [0.3, 0.4) is 0 Å². The Labute approximate surface area is 150 Å². The van der Waals surface area contributed by atoms with Crippen LogP contribution in [0.2, 0.25) is 0 Å². The van der Waals surface area contributed by atoms with Crippen LogP contribution in [0, 0.1) is 13.1 Å². The number of hydrogen-bond acceptors (Lipinski definition) is 4. The molecule has 5 heteroatoms. The molecule has 1 heterocycles. The second-order valence-corrected chi connectivity index (χ2v) is 4.71. The van der Waals surface area contributed by atoms with Crippen molar-refractivity contribution in [3.63, 3.8) is 0 Å². The van der Waals surface area contributed by atoms with Gasteiger partial charge in [-0.25, -0.2) is 0 Å². The van der Waals surface area contributed by atoms with Crippen LogP contribution in [0.4, 0.5) is 11.6 Å². The molecule has 0 saturated heterocycles. The number of anilines is 2. The summed E-state index contributed by atoms with van der Waals surface area (Å²) in [7, 11) is 0. The van der Waals surface area contributed by atoms with Crippen molar-refractivity contribution in [1.29, 1.82) is 0 Å². The number of aromatic nitrogens is 2. The summed E-state index contributed by atoms with van der Waals surface area (Å²) in [5, 5.41) is 3.12. The average Bonchev–Trinajstić information content (AvgIpc) is 2.43. The van der Waals surface area contributed by atoms with Gasteiger partial charge in [0.25, 0.3) is 0 Å². The maximum Gasteiger partial charge on any atom is 0.124 e. The van der Waals surface area contributed by atoms with E-state index in [-0.39, 0.29) is 32.7 Å². The van der Waals surface area contributed by atoms with Crippen LogP contribution in [0.5, 0.6) is 5.75 Å². The fourth-order valence-electron chi connectivity index (χ4n) is 1.59. The van der Waals surface area contributed by atoms with Crippen molar-refractivity contribution in [1.82, 2.24) is 9.97 Å². The first-order valence-corrected chi connectivity index (χ1v) is 6.48. The summed E-state index contributed by atoms with van der Waals surface area (Å²) in [4.78, 5) is 8.12. The quantitative estimate of drug-likeness (QED) is 0.655. The summed E-state index contributed by atoms with van der Waals surface area (Å²) in [5.41, 5.74) is 3.23. The second-order valence-electron chi connectivity index (χ2n) is 4.71. The monoisotopic (exact) mass is 357 g/mol. The summed E-state index contributed by atoms with van der Waals surface area (Å²) < 4.78 is 5.76. The Hall–Kier alpha value is -1.26. The van der Waals surface area contributed by atoms with Crippen LogP contribution >= 0.6 is 0 Å². The Bertz CT molecular complexity index is 596. The molecule has 0 fully saturated rings. The largest absolute Gasteiger partial charge is 0.489 e. The van der Waals surface area contributed by atoms with Crippen LogP contribution in [-0.2, 0) is 32.7 Å². The van der Waals surface area contributed by atoms with Gasteiger partial charge in [-0.2, -0.15) is 0 Å². The summed E-state index contributed by atoms with van der Waals surface area (Å²) in [6.07, 6.45) is 6.44. The van der Waals surface area contributed by atoms with E-state index in [0.717, 1.165) is 17.0 Å². The zero-order valence-corrected chi connectivity index (χ0v) is 15.4. The van der Waals surface area contributed by atoms with E-state index >= 15 is 0 Å². The minimum atomic E-state index is 0. The van der Waals surface area contributed by atoms with Crippen molar-refractivity contribution >= 4 is 11.6 Å². The summed E-state index contributed by atoms with van der Waals surface area (Å²) >= 11 is 0. The Morgan fingerprint density at radius 1 is 1.38 bits per heavy atom. The maximum absolute atomic E-state index is 5.76. The normalized spacial score (nSPS) is 9.48. The molecule has 2 rings (SSSR count). The third-order valence-electron chi connectivity index (χ3n) is 2.69. The van der Waals surface area contributed by atoms with Crippen molar-refractivity contribution in [3.05, 3.63) is 53.9 Å². The smallest absolute Gasteiger partial charge is 0.124 e. The zero-order chi connectivity index (χ0) is 14.4. The number of hydrogen-bond donors (Lipinski definition) is 1. The number of rotatable bonds is 5. The SMILES string of the molecule is CC(C)=CCOc1cc(Nc2n[c-]ccn2)ccc1C.[Y]. The molecule has 0 bridgehead atoms. The van der Waals surface area contributed by atoms with Crippen LogP contribution in [-0.4, -0.2) is 16.6 Å². The predicted octanol–water partition coefficient (Wildman–Crippen LogP) is 3.67. The molecule has 1 radical (unpaired) electrons. The van der Waals surface area contributed by atoms with Gasteiger partial charge in [-0.05, 0) is 38.5 Å². The van der Waals surface area contributed by atoms with E-state index < -0.39 is 0 Å². The number of benzene rings is 1. The molecule has 1 aromatic carbocycles. The molecule has 0 saturated carbocycles. The molecule has 0 atom stereocenters. The molecule has 4 nitrogen and oxygen atoms in total. The van der Waals surface area contributed by atoms with Gasteiger partial charge in [0.1, 0.15) is 18.3 Å². The average molecular weight is 357 g/mol. The van der Waals surface area contributed by atoms with E-state index in [2.05, 4.69) is 41.4 Å². The maximum atomic E-state index is 5.76. The third-order valence-corrected chi connectivity index (χ3v) is 2.69. The van der Waals surface area contributed by atoms with E-state index in [1.54, 1.807) is 12.3 Å². The molecule has 0 unspecified atom stereocenters. The van der Waals surface area contributed by atoms with Crippen LogP contribution in [0.1, 0.15) is 19.4 Å². The van der Waals surface area contributed by atoms with Crippen LogP contribution in [0.15, 0.2) is 42.1 Å². The van der Waals surface area contributed by atoms with E-state index in [1.165, 1.54) is 5.57 Å². The fraction of sp³-hybridized carbons (Fsp3) is 0.250. The van der Waals surface area contributed by atoms with E-state index in [1.807, 2.05) is 25.1 Å². The molecular formula is C16H18N3OY-. The first-order chi connectivity index (χ1) is 9.65. The second kappa shape index (κ2) is 8.90. The molecule has 2 aromatic rings. The van der Waals surface area contributed by atoms with Crippen LogP contribution in [0.25, 0.3) is 0 Å². The molecule has 0 spiro atoms. The standard InChI is InChI=1S/C16H18N3O.Y/c1-12(2)7-10-20-15-11-14(6-5-13(15)3)19-16-17-8-4-9-18-16;/h4-8,11H,10H2,1-3H3,(H,17,18,19);/q-1;. The van der Waals surface area contributed by atoms with Crippen LogP contribution < -0.4 is 10.1 Å². The van der Waals surface area contributed by atoms with E-state index in [4.69, 9.17) is 4.74 Å². The molecule has 1 aromatic heterocycles. The minimum Gasteiger partial charge on any atom is -0.489 e. The minimum absolute atomic E-state index is 0. The fourth-order valence-corrected chi connectivity index (χ4v) is 1.59. The van der Waals surface area contributed by atoms with Crippen molar-refractivity contribution < 1.29 is 37.4 Å². The van der Waals surface area contributed by atoms with Gasteiger partial charge >= 0.3 is 0 Å². The summed E-state index contributed by atoms with van der Waals surface area (Å²) in [5.74, 6) is 1.37. The van der Waals surface area contributed by atoms with Gasteiger partial charge in [0, 0.05) is 44.5 Å². The number of aryl methyl sites for hydroxylation is 1. The van der Waals surface area contributed by atoms with Gasteiger partial charge < -0.3 is 20.0 Å². The zero-order valence-electron chi connectivity index (χ0n) is 12.6. The third kappa shape index (κ3) is 5.94. The van der Waals surface area contributed by atoms with Crippen molar-refractivity contribution in [2.24, 2.45) is 0 Å². The van der Waals surface area contributed by atoms with E-state index in [9.17, 15) is 0 Å². The van der Waals surface area contributed by atoms with Gasteiger partial charge in [-0.1, -0.05) is 24.0 Å². The molecule has 1 N–H and O–H groups in total. The molecule has 0 amide bonds. The van der Waals surface area contributed by atoms with Crippen molar-refractivity contribution in [2.75, 3.05) is 11.9 Å². The first kappa shape index (κ1) is 17.8. The summed E-state index contributed by atoms with van der Waals surface area (Å²) in [6, 6.07) is 7.59. The molecular weight excluding hydrogens is 339 g/mol. The Morgan fingerprint density at radius 2 is 2.19 bits per heavy atom. The van der Waals surface area contributed by atoms with Gasteiger partial charge in [-0.3, -0.25) is 0 Å². The van der Waals surface area contributed by atoms with Gasteiger partial charge in [-0.15, -0.1) is 6.07 Å². The van der Waals surface area contributed by atoms with E-state index in [0.29, 0.717) is 12.6 Å². The molecule has 107 valence electrons. The van der Waals surface area contributed by atoms with Gasteiger partial charge in [0.2, 0.25) is 0 Å². The number of nitrogens with zero attached hydrogens (tertiary/aromatic N) is 2. The Morgan fingerprint density at radius 3 is 2.86 bits per heavy atom. The Kier molecular flexibility index (Phi) is 7.55. The first-order valence-electron chi connectivity index (χ1n) is 6.48. The topological polar surface area (TPSA) is 47.0 Å². The van der Waals surface area contributed by atoms with Crippen molar-refractivity contribution in [3.8, 4) is 5.75 Å². The predicted molar refractivity (Wildman–Crippen MR) is 80.3 cm³/mol. The Balaban J connectivity index is 0.00000220. The van der Waals surface area contributed by atoms with Gasteiger partial charge in [0.05, 0.1) is 0 Å². The van der Waals surface area contributed by atoms with Crippen molar-refractivity contribution in [2.45, 2.75) is 20.8 Å². The molecule has 0 aliphatic heterocycles. The number of ether oxygens (including phenoxy) is 1. The number of allylic oxidation sites excluding steroid dienone is 1. The van der Waals surface area contributed by atoms with Gasteiger partial charge in [0.15, 0.2) is 0 Å². The molecule has 0 aliphatic rings. The molecule has 21 heavy (non-hydrogen) atoms. The molecule has 0 aliphatic carbocycles. The number of nitrogens with one attached hydrogen (secondary N) is 1. The summed E-state index contributed by atoms with van der Waals surface area (Å²) in [6.45, 7) is 6.70.